The fourth-order valence-corrected chi connectivity index (χ4v) is 4.74. The lowest BCUT2D eigenvalue weighted by Crippen LogP contribution is -2.40. The molecule has 0 unspecified atom stereocenters. The molecule has 11 heteroatoms. The highest BCUT2D eigenvalue weighted by atomic mass is 32.2. The van der Waals surface area contributed by atoms with Crippen molar-refractivity contribution in [1.82, 2.24) is 4.31 Å². The highest BCUT2D eigenvalue weighted by Crippen LogP contribution is 2.35. The zero-order valence-corrected chi connectivity index (χ0v) is 19.4. The molecule has 1 saturated heterocycles. The minimum absolute atomic E-state index is 0.0566. The molecule has 0 aromatic heterocycles. The quantitative estimate of drug-likeness (QED) is 0.582. The van der Waals surface area contributed by atoms with Crippen LogP contribution in [0.2, 0.25) is 0 Å². The third kappa shape index (κ3) is 6.37. The molecule has 3 rings (SSSR count). The van der Waals surface area contributed by atoms with E-state index in [0.717, 1.165) is 0 Å². The van der Waals surface area contributed by atoms with Crippen LogP contribution in [-0.2, 0) is 19.6 Å². The van der Waals surface area contributed by atoms with E-state index >= 15 is 0 Å². The van der Waals surface area contributed by atoms with Crippen LogP contribution in [0.3, 0.4) is 0 Å². The molecule has 0 saturated carbocycles. The maximum Gasteiger partial charge on any atom is 0.417 e. The van der Waals surface area contributed by atoms with Crippen molar-refractivity contribution in [1.29, 1.82) is 0 Å². The molecule has 0 atom stereocenters. The monoisotopic (exact) mass is 498 g/mol. The van der Waals surface area contributed by atoms with Gasteiger partial charge in [0, 0.05) is 19.2 Å². The molecule has 1 aliphatic heterocycles. The van der Waals surface area contributed by atoms with Crippen LogP contribution in [0.1, 0.15) is 19.4 Å². The van der Waals surface area contributed by atoms with Crippen LogP contribution in [0.15, 0.2) is 59.5 Å². The van der Waals surface area contributed by atoms with E-state index in [0.29, 0.717) is 6.08 Å². The van der Waals surface area contributed by atoms with E-state index in [1.807, 2.05) is 0 Å². The third-order valence-corrected chi connectivity index (χ3v) is 6.74. The number of hydrogen-bond donors (Lipinski definition) is 1. The molecule has 0 spiro atoms. The average Bonchev–Trinajstić information content (AvgIpc) is 2.78. The Hall–Kier alpha value is -2.89. The van der Waals surface area contributed by atoms with Crippen molar-refractivity contribution < 1.29 is 35.9 Å². The van der Waals surface area contributed by atoms with E-state index < -0.39 is 27.7 Å². The normalized spacial score (nSPS) is 15.9. The van der Waals surface area contributed by atoms with Crippen LogP contribution in [0, 0.1) is 0 Å². The van der Waals surface area contributed by atoms with Crippen molar-refractivity contribution in [3.8, 4) is 5.75 Å². The number of nitrogens with zero attached hydrogens (tertiary/aromatic N) is 1. The molecule has 0 radical (unpaired) electrons. The number of anilines is 1. The number of nitrogens with one attached hydrogen (secondary N) is 1. The Morgan fingerprint density at radius 2 is 1.76 bits per heavy atom. The van der Waals surface area contributed by atoms with E-state index in [9.17, 15) is 26.4 Å². The second kappa shape index (κ2) is 10.6. The first-order chi connectivity index (χ1) is 16.0. The Balaban J connectivity index is 1.97. The van der Waals surface area contributed by atoms with E-state index in [2.05, 4.69) is 5.32 Å². The molecule has 34 heavy (non-hydrogen) atoms. The summed E-state index contributed by atoms with van der Waals surface area (Å²) in [5, 5.41) is 2.36. The van der Waals surface area contributed by atoms with Gasteiger partial charge in [0.2, 0.25) is 15.9 Å². The van der Waals surface area contributed by atoms with Gasteiger partial charge in [0.05, 0.1) is 35.5 Å². The maximum atomic E-state index is 13.6. The largest absolute Gasteiger partial charge is 0.489 e. The van der Waals surface area contributed by atoms with E-state index in [1.165, 1.54) is 46.8 Å². The summed E-state index contributed by atoms with van der Waals surface area (Å²) in [6.45, 7) is 4.29. The summed E-state index contributed by atoms with van der Waals surface area (Å²) >= 11 is 0. The summed E-state index contributed by atoms with van der Waals surface area (Å²) in [6, 6.07) is 10.8. The fraction of sp³-hybridized carbons (Fsp3) is 0.348. The highest BCUT2D eigenvalue weighted by molar-refractivity contribution is 7.89. The molecule has 1 fully saturated rings. The Morgan fingerprint density at radius 3 is 2.35 bits per heavy atom. The molecule has 1 N–H and O–H groups in total. The number of carbonyl (C=O) groups excluding carboxylic acids is 1. The van der Waals surface area contributed by atoms with Crippen molar-refractivity contribution in [3.05, 3.63) is 60.2 Å². The number of alkyl halides is 3. The summed E-state index contributed by atoms with van der Waals surface area (Å²) in [7, 11) is -3.90. The van der Waals surface area contributed by atoms with Crippen molar-refractivity contribution >= 4 is 27.2 Å². The van der Waals surface area contributed by atoms with Crippen molar-refractivity contribution in [2.45, 2.75) is 31.0 Å². The minimum Gasteiger partial charge on any atom is -0.489 e. The SMILES string of the molecule is CC(C)Oc1ccc(S(=O)(=O)N2CCOCC2)cc1NC(=O)/C=C(/c1ccccc1)C(F)(F)F. The Kier molecular flexibility index (Phi) is 8.01. The number of hydrogen-bond acceptors (Lipinski definition) is 5. The molecule has 0 bridgehead atoms. The smallest absolute Gasteiger partial charge is 0.417 e. The van der Waals surface area contributed by atoms with Gasteiger partial charge in [-0.2, -0.15) is 17.5 Å². The number of ether oxygens (including phenoxy) is 2. The number of halogens is 3. The van der Waals surface area contributed by atoms with Gasteiger partial charge in [0.1, 0.15) is 5.75 Å². The summed E-state index contributed by atoms with van der Waals surface area (Å²) in [5.41, 5.74) is -1.36. The molecular formula is C23H25F3N2O5S. The van der Waals surface area contributed by atoms with Gasteiger partial charge in [-0.25, -0.2) is 8.42 Å². The zero-order valence-electron chi connectivity index (χ0n) is 18.6. The number of carbonyl (C=O) groups is 1. The summed E-state index contributed by atoms with van der Waals surface area (Å²) in [6.07, 6.45) is -4.67. The second-order valence-corrected chi connectivity index (χ2v) is 9.69. The molecular weight excluding hydrogens is 473 g/mol. The number of morpholine rings is 1. The second-order valence-electron chi connectivity index (χ2n) is 7.75. The molecule has 2 aromatic rings. The van der Waals surface area contributed by atoms with Crippen molar-refractivity contribution in [3.63, 3.8) is 0 Å². The van der Waals surface area contributed by atoms with Gasteiger partial charge >= 0.3 is 6.18 Å². The van der Waals surface area contributed by atoms with Gasteiger partial charge in [-0.15, -0.1) is 0 Å². The lowest BCUT2D eigenvalue weighted by atomic mass is 10.1. The molecule has 184 valence electrons. The molecule has 1 amide bonds. The number of amides is 1. The Bertz CT molecular complexity index is 1140. The highest BCUT2D eigenvalue weighted by Gasteiger charge is 2.35. The first kappa shape index (κ1) is 25.7. The third-order valence-electron chi connectivity index (χ3n) is 4.85. The molecule has 1 heterocycles. The van der Waals surface area contributed by atoms with Gasteiger partial charge in [0.25, 0.3) is 0 Å². The van der Waals surface area contributed by atoms with E-state index in [4.69, 9.17) is 9.47 Å². The van der Waals surface area contributed by atoms with Crippen LogP contribution >= 0.6 is 0 Å². The predicted molar refractivity (Wildman–Crippen MR) is 121 cm³/mol. The standard InChI is InChI=1S/C23H25F3N2O5S/c1-16(2)33-21-9-8-18(34(30,31)28-10-12-32-13-11-28)14-20(21)27-22(29)15-19(23(24,25)26)17-6-4-3-5-7-17/h3-9,14-16H,10-13H2,1-2H3,(H,27,29)/b19-15-. The number of rotatable bonds is 7. The molecule has 7 nitrogen and oxygen atoms in total. The van der Waals surface area contributed by atoms with Crippen LogP contribution < -0.4 is 10.1 Å². The first-order valence-electron chi connectivity index (χ1n) is 10.5. The first-order valence-corrected chi connectivity index (χ1v) is 12.0. The van der Waals surface area contributed by atoms with E-state index in [1.54, 1.807) is 19.9 Å². The number of allylic oxidation sites excluding steroid dienone is 1. The zero-order chi connectivity index (χ0) is 24.9. The minimum atomic E-state index is -4.78. The summed E-state index contributed by atoms with van der Waals surface area (Å²) in [5.74, 6) is -0.948. The van der Waals surface area contributed by atoms with Crippen LogP contribution in [0.4, 0.5) is 18.9 Å². The predicted octanol–water partition coefficient (Wildman–Crippen LogP) is 4.08. The fourth-order valence-electron chi connectivity index (χ4n) is 3.31. The number of benzene rings is 2. The number of sulfonamides is 1. The molecule has 1 aliphatic rings. The van der Waals surface area contributed by atoms with Gasteiger partial charge < -0.3 is 14.8 Å². The van der Waals surface area contributed by atoms with Gasteiger partial charge in [-0.05, 0) is 37.6 Å². The summed E-state index contributed by atoms with van der Waals surface area (Å²) in [4.78, 5) is 12.5. The van der Waals surface area contributed by atoms with Crippen LogP contribution in [0.5, 0.6) is 5.75 Å². The average molecular weight is 499 g/mol. The summed E-state index contributed by atoms with van der Waals surface area (Å²) < 4.78 is 78.9. The van der Waals surface area contributed by atoms with Crippen molar-refractivity contribution in [2.24, 2.45) is 0 Å². The maximum absolute atomic E-state index is 13.6. The topological polar surface area (TPSA) is 84.9 Å². The lowest BCUT2D eigenvalue weighted by molar-refractivity contribution is -0.112. The van der Waals surface area contributed by atoms with Gasteiger partial charge in [-0.3, -0.25) is 4.79 Å². The van der Waals surface area contributed by atoms with Crippen LogP contribution in [-0.4, -0.2) is 57.2 Å². The van der Waals surface area contributed by atoms with E-state index in [-0.39, 0.29) is 54.3 Å². The molecule has 2 aromatic carbocycles. The van der Waals surface area contributed by atoms with Crippen molar-refractivity contribution in [2.75, 3.05) is 31.6 Å². The Labute approximate surface area is 196 Å². The van der Waals surface area contributed by atoms with Crippen LogP contribution in [0.25, 0.3) is 5.57 Å². The van der Waals surface area contributed by atoms with Gasteiger partial charge in [-0.1, -0.05) is 30.3 Å². The molecule has 0 aliphatic carbocycles. The Morgan fingerprint density at radius 1 is 1.12 bits per heavy atom. The lowest BCUT2D eigenvalue weighted by Gasteiger charge is -2.26. The van der Waals surface area contributed by atoms with Gasteiger partial charge in [0.15, 0.2) is 0 Å².